The van der Waals surface area contributed by atoms with Crippen molar-refractivity contribution < 1.29 is 13.2 Å². The molecule has 0 fully saturated rings. The summed E-state index contributed by atoms with van der Waals surface area (Å²) < 4.78 is 27.2. The Kier molecular flexibility index (Phi) is 6.50. The molecular weight excluding hydrogens is 384 g/mol. The molecule has 2 rings (SSSR count). The van der Waals surface area contributed by atoms with Gasteiger partial charge in [0.15, 0.2) is 0 Å². The van der Waals surface area contributed by atoms with Crippen molar-refractivity contribution in [3.63, 3.8) is 0 Å². The van der Waals surface area contributed by atoms with Crippen molar-refractivity contribution in [1.82, 2.24) is 14.9 Å². The Morgan fingerprint density at radius 3 is 2.40 bits per heavy atom. The van der Waals surface area contributed by atoms with Crippen LogP contribution in [0, 0.1) is 0 Å². The van der Waals surface area contributed by atoms with E-state index < -0.39 is 22.0 Å². The summed E-state index contributed by atoms with van der Waals surface area (Å²) in [7, 11) is -3.84. The second kappa shape index (κ2) is 8.22. The third kappa shape index (κ3) is 5.21. The van der Waals surface area contributed by atoms with Crippen molar-refractivity contribution >= 4 is 44.0 Å². The van der Waals surface area contributed by atoms with Gasteiger partial charge in [0.05, 0.1) is 4.90 Å². The Morgan fingerprint density at radius 2 is 1.88 bits per heavy atom. The molecule has 1 atom stereocenters. The van der Waals surface area contributed by atoms with Gasteiger partial charge in [-0.1, -0.05) is 43.7 Å². The van der Waals surface area contributed by atoms with Crippen molar-refractivity contribution in [2.75, 3.05) is 5.32 Å². The molecule has 136 valence electrons. The number of anilines is 1. The Morgan fingerprint density at radius 1 is 1.24 bits per heavy atom. The van der Waals surface area contributed by atoms with Crippen LogP contribution in [0.1, 0.15) is 38.1 Å². The highest BCUT2D eigenvalue weighted by atomic mass is 35.5. The number of carbonyl (C=O) groups is 1. The molecule has 1 aromatic carbocycles. The first kappa shape index (κ1) is 19.8. The molecule has 1 aromatic heterocycles. The molecule has 1 unspecified atom stereocenters. The summed E-state index contributed by atoms with van der Waals surface area (Å²) in [4.78, 5) is 12.4. The van der Waals surface area contributed by atoms with Crippen molar-refractivity contribution in [3.05, 3.63) is 34.3 Å². The number of carbonyl (C=O) groups excluding carboxylic acids is 1. The second-order valence-corrected chi connectivity index (χ2v) is 8.78. The van der Waals surface area contributed by atoms with Crippen LogP contribution in [0.3, 0.4) is 0 Å². The number of nitrogens with zero attached hydrogens (tertiary/aromatic N) is 2. The highest BCUT2D eigenvalue weighted by Gasteiger charge is 2.25. The topological polar surface area (TPSA) is 101 Å². The Bertz CT molecular complexity index is 835. The van der Waals surface area contributed by atoms with Gasteiger partial charge in [0.25, 0.3) is 0 Å². The lowest BCUT2D eigenvalue weighted by Crippen LogP contribution is -2.43. The van der Waals surface area contributed by atoms with Gasteiger partial charge in [-0.25, -0.2) is 8.42 Å². The SMILES string of the molecule is CCC(NS(=O)(=O)c1ccc(Cl)cc1)C(=O)Nc1nnc(C(C)C)s1. The number of aromatic nitrogens is 2. The molecule has 0 radical (unpaired) electrons. The van der Waals surface area contributed by atoms with Crippen molar-refractivity contribution in [2.45, 2.75) is 44.0 Å². The lowest BCUT2D eigenvalue weighted by atomic mass is 10.2. The molecule has 7 nitrogen and oxygen atoms in total. The maximum absolute atomic E-state index is 12.4. The van der Waals surface area contributed by atoms with Crippen LogP contribution in [-0.2, 0) is 14.8 Å². The second-order valence-electron chi connectivity index (χ2n) is 5.63. The Balaban J connectivity index is 2.09. The molecule has 0 aliphatic rings. The predicted octanol–water partition coefficient (Wildman–Crippen LogP) is 3.01. The standard InChI is InChI=1S/C15H19ClN4O3S2/c1-4-12(13(21)17-15-19-18-14(24-15)9(2)3)20-25(22,23)11-7-5-10(16)6-8-11/h5-9,12,20H,4H2,1-3H3,(H,17,19,21). The van der Waals surface area contributed by atoms with E-state index >= 15 is 0 Å². The highest BCUT2D eigenvalue weighted by molar-refractivity contribution is 7.89. The van der Waals surface area contributed by atoms with Crippen LogP contribution in [0.2, 0.25) is 5.02 Å². The maximum atomic E-state index is 12.4. The average Bonchev–Trinajstić information content (AvgIpc) is 3.01. The smallest absolute Gasteiger partial charge is 0.244 e. The lowest BCUT2D eigenvalue weighted by molar-refractivity contribution is -0.117. The minimum absolute atomic E-state index is 0.0427. The fourth-order valence-electron chi connectivity index (χ4n) is 1.90. The van der Waals surface area contributed by atoms with Crippen LogP contribution in [0.5, 0.6) is 0 Å². The maximum Gasteiger partial charge on any atom is 0.244 e. The van der Waals surface area contributed by atoms with Gasteiger partial charge >= 0.3 is 0 Å². The molecule has 10 heteroatoms. The normalized spacial score (nSPS) is 13.0. The molecular formula is C15H19ClN4O3S2. The summed E-state index contributed by atoms with van der Waals surface area (Å²) in [5.74, 6) is -0.278. The monoisotopic (exact) mass is 402 g/mol. The zero-order valence-electron chi connectivity index (χ0n) is 14.0. The van der Waals surface area contributed by atoms with E-state index in [2.05, 4.69) is 20.2 Å². The number of amides is 1. The Labute approximate surface area is 155 Å². The van der Waals surface area contributed by atoms with Crippen LogP contribution in [0.25, 0.3) is 0 Å². The van der Waals surface area contributed by atoms with Gasteiger partial charge in [0.1, 0.15) is 11.0 Å². The van der Waals surface area contributed by atoms with E-state index in [1.165, 1.54) is 35.6 Å². The van der Waals surface area contributed by atoms with E-state index in [0.717, 1.165) is 5.01 Å². The van der Waals surface area contributed by atoms with E-state index in [1.807, 2.05) is 13.8 Å². The first-order chi connectivity index (χ1) is 11.7. The number of hydrogen-bond acceptors (Lipinski definition) is 6. The van der Waals surface area contributed by atoms with E-state index in [0.29, 0.717) is 10.2 Å². The first-order valence-corrected chi connectivity index (χ1v) is 10.3. The van der Waals surface area contributed by atoms with Crippen LogP contribution in [0.15, 0.2) is 29.2 Å². The van der Waals surface area contributed by atoms with Gasteiger partial charge in [0.2, 0.25) is 21.1 Å². The molecule has 0 aliphatic heterocycles. The molecule has 0 aliphatic carbocycles. The van der Waals surface area contributed by atoms with Crippen molar-refractivity contribution in [2.24, 2.45) is 0 Å². The van der Waals surface area contributed by atoms with Crippen LogP contribution < -0.4 is 10.0 Å². The summed E-state index contributed by atoms with van der Waals surface area (Å²) in [5.41, 5.74) is 0. The number of benzene rings is 1. The Hall–Kier alpha value is -1.55. The molecule has 0 bridgehead atoms. The largest absolute Gasteiger partial charge is 0.299 e. The molecule has 25 heavy (non-hydrogen) atoms. The molecule has 2 N–H and O–H groups in total. The van der Waals surface area contributed by atoms with E-state index in [4.69, 9.17) is 11.6 Å². The van der Waals surface area contributed by atoms with Crippen molar-refractivity contribution in [1.29, 1.82) is 0 Å². The summed E-state index contributed by atoms with van der Waals surface area (Å²) in [6.45, 7) is 5.66. The fourth-order valence-corrected chi connectivity index (χ4v) is 4.06. The fraction of sp³-hybridized carbons (Fsp3) is 0.400. The number of nitrogens with one attached hydrogen (secondary N) is 2. The van der Waals surface area contributed by atoms with Crippen LogP contribution >= 0.6 is 22.9 Å². The quantitative estimate of drug-likeness (QED) is 0.741. The molecule has 2 aromatic rings. The summed E-state index contributed by atoms with van der Waals surface area (Å²) in [6, 6.07) is 4.80. The third-order valence-electron chi connectivity index (χ3n) is 3.31. The first-order valence-electron chi connectivity index (χ1n) is 7.65. The van der Waals surface area contributed by atoms with Gasteiger partial charge in [-0.2, -0.15) is 4.72 Å². The highest BCUT2D eigenvalue weighted by Crippen LogP contribution is 2.22. The van der Waals surface area contributed by atoms with E-state index in [1.54, 1.807) is 6.92 Å². The van der Waals surface area contributed by atoms with Gasteiger partial charge in [-0.05, 0) is 30.7 Å². The van der Waals surface area contributed by atoms with Crippen molar-refractivity contribution in [3.8, 4) is 0 Å². The minimum atomic E-state index is -3.84. The number of sulfonamides is 1. The molecule has 0 saturated carbocycles. The third-order valence-corrected chi connectivity index (χ3v) is 6.19. The van der Waals surface area contributed by atoms with E-state index in [-0.39, 0.29) is 17.2 Å². The van der Waals surface area contributed by atoms with Gasteiger partial charge in [0, 0.05) is 10.9 Å². The van der Waals surface area contributed by atoms with E-state index in [9.17, 15) is 13.2 Å². The molecule has 0 spiro atoms. The summed E-state index contributed by atoms with van der Waals surface area (Å²) in [6.07, 6.45) is 0.286. The predicted molar refractivity (Wildman–Crippen MR) is 98.5 cm³/mol. The van der Waals surface area contributed by atoms with Crippen LogP contribution in [0.4, 0.5) is 5.13 Å². The molecule has 0 saturated heterocycles. The minimum Gasteiger partial charge on any atom is -0.299 e. The van der Waals surface area contributed by atoms with Gasteiger partial charge < -0.3 is 0 Å². The van der Waals surface area contributed by atoms with Gasteiger partial charge in [-0.15, -0.1) is 10.2 Å². The zero-order valence-corrected chi connectivity index (χ0v) is 16.4. The molecule has 1 amide bonds. The average molecular weight is 403 g/mol. The summed E-state index contributed by atoms with van der Waals surface area (Å²) in [5, 5.41) is 12.1. The zero-order chi connectivity index (χ0) is 18.6. The number of rotatable bonds is 7. The molecule has 1 heterocycles. The van der Waals surface area contributed by atoms with Crippen LogP contribution in [-0.4, -0.2) is 30.6 Å². The summed E-state index contributed by atoms with van der Waals surface area (Å²) >= 11 is 7.04. The lowest BCUT2D eigenvalue weighted by Gasteiger charge is -2.16. The van der Waals surface area contributed by atoms with Gasteiger partial charge in [-0.3, -0.25) is 10.1 Å². The number of hydrogen-bond donors (Lipinski definition) is 2. The number of halogens is 1.